The molecule has 4 fully saturated rings. The highest BCUT2D eigenvalue weighted by molar-refractivity contribution is 5.92. The van der Waals surface area contributed by atoms with E-state index in [1.807, 2.05) is 24.6 Å². The minimum atomic E-state index is -0.242. The fourth-order valence-corrected chi connectivity index (χ4v) is 6.87. The van der Waals surface area contributed by atoms with Gasteiger partial charge in [0.1, 0.15) is 5.82 Å². The molecule has 1 aromatic heterocycles. The van der Waals surface area contributed by atoms with E-state index >= 15 is 0 Å². The van der Waals surface area contributed by atoms with Crippen molar-refractivity contribution in [2.45, 2.75) is 65.3 Å². The molecule has 0 spiro atoms. The number of aryl methyl sites for hydroxylation is 1. The Hall–Kier alpha value is -2.17. The first-order chi connectivity index (χ1) is 13.9. The maximum atomic E-state index is 13.5. The predicted molar refractivity (Wildman–Crippen MR) is 111 cm³/mol. The summed E-state index contributed by atoms with van der Waals surface area (Å²) in [5, 5.41) is 7.77. The van der Waals surface area contributed by atoms with Gasteiger partial charge in [-0.25, -0.2) is 4.39 Å². The van der Waals surface area contributed by atoms with Crippen LogP contribution in [0.4, 0.5) is 10.1 Å². The van der Waals surface area contributed by atoms with E-state index in [0.717, 1.165) is 40.4 Å². The molecule has 2 aromatic rings. The normalized spacial score (nSPS) is 30.0. The Kier molecular flexibility index (Phi) is 4.52. The number of amides is 1. The summed E-state index contributed by atoms with van der Waals surface area (Å²) in [7, 11) is 0. The third-order valence-electron chi connectivity index (χ3n) is 7.57. The summed E-state index contributed by atoms with van der Waals surface area (Å²) in [6.07, 6.45) is 8.55. The van der Waals surface area contributed by atoms with Crippen molar-refractivity contribution in [2.24, 2.45) is 23.2 Å². The lowest BCUT2D eigenvalue weighted by atomic mass is 9.49. The summed E-state index contributed by atoms with van der Waals surface area (Å²) in [5.74, 6) is 2.45. The van der Waals surface area contributed by atoms with Gasteiger partial charge in [0.05, 0.1) is 23.6 Å². The third-order valence-corrected chi connectivity index (χ3v) is 7.57. The van der Waals surface area contributed by atoms with Crippen LogP contribution in [0.15, 0.2) is 24.3 Å². The van der Waals surface area contributed by atoms with Crippen LogP contribution in [0, 0.1) is 42.8 Å². The molecular weight excluding hydrogens is 365 g/mol. The molecule has 29 heavy (non-hydrogen) atoms. The molecule has 154 valence electrons. The molecule has 4 bridgehead atoms. The average Bonchev–Trinajstić information content (AvgIpc) is 2.87. The number of nitrogens with zero attached hydrogens (tertiary/aromatic N) is 2. The molecule has 4 aliphatic carbocycles. The predicted octanol–water partition coefficient (Wildman–Crippen LogP) is 5.23. The fourth-order valence-electron chi connectivity index (χ4n) is 6.87. The molecule has 0 unspecified atom stereocenters. The second-order valence-electron chi connectivity index (χ2n) is 9.98. The van der Waals surface area contributed by atoms with E-state index < -0.39 is 0 Å². The van der Waals surface area contributed by atoms with E-state index in [4.69, 9.17) is 0 Å². The Morgan fingerprint density at radius 2 is 1.83 bits per heavy atom. The van der Waals surface area contributed by atoms with Crippen LogP contribution >= 0.6 is 0 Å². The summed E-state index contributed by atoms with van der Waals surface area (Å²) in [6, 6.07) is 6.58. The largest absolute Gasteiger partial charge is 0.323 e. The molecule has 6 rings (SSSR count). The van der Waals surface area contributed by atoms with Crippen molar-refractivity contribution in [1.29, 1.82) is 0 Å². The third kappa shape index (κ3) is 3.60. The molecule has 0 aliphatic heterocycles. The van der Waals surface area contributed by atoms with Crippen LogP contribution in [0.1, 0.15) is 61.9 Å². The number of halogens is 1. The topological polar surface area (TPSA) is 46.9 Å². The van der Waals surface area contributed by atoms with Gasteiger partial charge < -0.3 is 5.32 Å². The van der Waals surface area contributed by atoms with Gasteiger partial charge in [-0.3, -0.25) is 9.48 Å². The van der Waals surface area contributed by atoms with Gasteiger partial charge in [0.2, 0.25) is 5.91 Å². The van der Waals surface area contributed by atoms with Crippen LogP contribution in [0.2, 0.25) is 0 Å². The molecular formula is C24H30FN3O. The maximum Gasteiger partial charge on any atom is 0.225 e. The number of benzene rings is 1. The van der Waals surface area contributed by atoms with Gasteiger partial charge in [-0.15, -0.1) is 0 Å². The second-order valence-corrected chi connectivity index (χ2v) is 9.98. The summed E-state index contributed by atoms with van der Waals surface area (Å²) in [4.78, 5) is 13.0. The summed E-state index contributed by atoms with van der Waals surface area (Å²) in [5.41, 5.74) is 3.65. The van der Waals surface area contributed by atoms with Crippen LogP contribution in [-0.4, -0.2) is 15.7 Å². The zero-order valence-electron chi connectivity index (χ0n) is 17.4. The molecule has 5 heteroatoms. The SMILES string of the molecule is Cc1nn(Cc2cccc(F)c2)c(C)c1NC(=O)CC12CC3CC(CC(C3)C1)C2. The van der Waals surface area contributed by atoms with Gasteiger partial charge in [-0.1, -0.05) is 12.1 Å². The Morgan fingerprint density at radius 1 is 1.17 bits per heavy atom. The van der Waals surface area contributed by atoms with Crippen molar-refractivity contribution < 1.29 is 9.18 Å². The van der Waals surface area contributed by atoms with E-state index in [1.54, 1.807) is 6.07 Å². The monoisotopic (exact) mass is 395 g/mol. The Morgan fingerprint density at radius 3 is 2.45 bits per heavy atom. The Bertz CT molecular complexity index is 912. The van der Waals surface area contributed by atoms with E-state index in [0.29, 0.717) is 13.0 Å². The first kappa shape index (κ1) is 18.8. The second kappa shape index (κ2) is 6.96. The molecule has 0 radical (unpaired) electrons. The van der Waals surface area contributed by atoms with Crippen LogP contribution < -0.4 is 5.32 Å². The highest BCUT2D eigenvalue weighted by Crippen LogP contribution is 2.61. The Balaban J connectivity index is 1.29. The van der Waals surface area contributed by atoms with E-state index in [1.165, 1.54) is 50.7 Å². The van der Waals surface area contributed by atoms with E-state index in [9.17, 15) is 9.18 Å². The van der Waals surface area contributed by atoms with E-state index in [-0.39, 0.29) is 17.1 Å². The number of rotatable bonds is 5. The number of hydrogen-bond acceptors (Lipinski definition) is 2. The van der Waals surface area contributed by atoms with Gasteiger partial charge in [0.25, 0.3) is 0 Å². The molecule has 0 saturated heterocycles. The van der Waals surface area contributed by atoms with Crippen LogP contribution in [0.5, 0.6) is 0 Å². The molecule has 1 amide bonds. The van der Waals surface area contributed by atoms with Crippen molar-refractivity contribution >= 4 is 11.6 Å². The zero-order chi connectivity index (χ0) is 20.2. The summed E-state index contributed by atoms with van der Waals surface area (Å²) in [6.45, 7) is 4.39. The van der Waals surface area contributed by atoms with Gasteiger partial charge in [0, 0.05) is 6.42 Å². The molecule has 4 aliphatic rings. The Labute approximate surface area is 171 Å². The number of nitrogens with one attached hydrogen (secondary N) is 1. The molecule has 4 nitrogen and oxygen atoms in total. The highest BCUT2D eigenvalue weighted by Gasteiger charge is 2.51. The number of carbonyl (C=O) groups excluding carboxylic acids is 1. The zero-order valence-corrected chi connectivity index (χ0v) is 17.4. The number of anilines is 1. The van der Waals surface area contributed by atoms with Crippen LogP contribution in [-0.2, 0) is 11.3 Å². The van der Waals surface area contributed by atoms with Crippen molar-refractivity contribution in [1.82, 2.24) is 9.78 Å². The minimum absolute atomic E-state index is 0.128. The molecule has 1 heterocycles. The minimum Gasteiger partial charge on any atom is -0.323 e. The molecule has 1 N–H and O–H groups in total. The number of carbonyl (C=O) groups is 1. The van der Waals surface area contributed by atoms with Crippen molar-refractivity contribution in [2.75, 3.05) is 5.32 Å². The lowest BCUT2D eigenvalue weighted by Gasteiger charge is -2.56. The fraction of sp³-hybridized carbons (Fsp3) is 0.583. The van der Waals surface area contributed by atoms with Gasteiger partial charge >= 0.3 is 0 Å². The maximum absolute atomic E-state index is 13.5. The van der Waals surface area contributed by atoms with Crippen LogP contribution in [0.25, 0.3) is 0 Å². The van der Waals surface area contributed by atoms with Crippen molar-refractivity contribution in [3.63, 3.8) is 0 Å². The smallest absolute Gasteiger partial charge is 0.225 e. The van der Waals surface area contributed by atoms with Gasteiger partial charge in [0.15, 0.2) is 0 Å². The number of hydrogen-bond donors (Lipinski definition) is 1. The average molecular weight is 396 g/mol. The molecule has 1 aromatic carbocycles. The lowest BCUT2D eigenvalue weighted by Crippen LogP contribution is -2.47. The number of aromatic nitrogens is 2. The van der Waals surface area contributed by atoms with Crippen LogP contribution in [0.3, 0.4) is 0 Å². The molecule has 4 saturated carbocycles. The first-order valence-corrected chi connectivity index (χ1v) is 11.0. The van der Waals surface area contributed by atoms with E-state index in [2.05, 4.69) is 10.4 Å². The van der Waals surface area contributed by atoms with Gasteiger partial charge in [-0.2, -0.15) is 5.10 Å². The first-order valence-electron chi connectivity index (χ1n) is 11.0. The van der Waals surface area contributed by atoms with Gasteiger partial charge in [-0.05, 0) is 93.2 Å². The molecule has 0 atom stereocenters. The summed E-state index contributed by atoms with van der Waals surface area (Å²) >= 11 is 0. The lowest BCUT2D eigenvalue weighted by molar-refractivity contribution is -0.124. The standard InChI is InChI=1S/C24H30FN3O/c1-15-23(16(2)28(27-15)14-17-4-3-5-21(25)9-17)26-22(29)13-24-10-18-6-19(11-24)8-20(7-18)12-24/h3-5,9,18-20H,6-8,10-14H2,1-2H3,(H,26,29). The quantitative estimate of drug-likeness (QED) is 0.753. The highest BCUT2D eigenvalue weighted by atomic mass is 19.1. The van der Waals surface area contributed by atoms with Crippen molar-refractivity contribution in [3.05, 3.63) is 47.0 Å². The summed E-state index contributed by atoms with van der Waals surface area (Å²) < 4.78 is 15.3. The van der Waals surface area contributed by atoms with Crippen molar-refractivity contribution in [3.8, 4) is 0 Å².